The predicted molar refractivity (Wildman–Crippen MR) is 83.9 cm³/mol. The quantitative estimate of drug-likeness (QED) is 0.838. The Balaban J connectivity index is 1.75. The third-order valence-corrected chi connectivity index (χ3v) is 4.36. The third kappa shape index (κ3) is 3.19. The van der Waals surface area contributed by atoms with E-state index in [-0.39, 0.29) is 17.7 Å². The fraction of sp³-hybridized carbons (Fsp3) is 0.588. The van der Waals surface area contributed by atoms with E-state index in [1.54, 1.807) is 4.90 Å². The Morgan fingerprint density at radius 1 is 1.41 bits per heavy atom. The van der Waals surface area contributed by atoms with Crippen molar-refractivity contribution in [2.75, 3.05) is 13.1 Å². The van der Waals surface area contributed by atoms with E-state index in [4.69, 9.17) is 4.74 Å². The fourth-order valence-electron chi connectivity index (χ4n) is 3.31. The van der Waals surface area contributed by atoms with E-state index >= 15 is 0 Å². The van der Waals surface area contributed by atoms with Crippen LogP contribution in [0.5, 0.6) is 5.75 Å². The molecule has 1 aromatic rings. The highest BCUT2D eigenvalue weighted by atomic mass is 16.5. The van der Waals surface area contributed by atoms with Crippen LogP contribution in [0.25, 0.3) is 0 Å². The molecule has 0 aliphatic carbocycles. The number of aliphatic hydroxyl groups is 1. The highest BCUT2D eigenvalue weighted by Gasteiger charge is 2.35. The van der Waals surface area contributed by atoms with Crippen LogP contribution in [0.1, 0.15) is 44.7 Å². The van der Waals surface area contributed by atoms with Crippen molar-refractivity contribution in [2.24, 2.45) is 0 Å². The Morgan fingerprint density at radius 3 is 2.95 bits per heavy atom. The first-order valence-electron chi connectivity index (χ1n) is 7.96. The number of carbonyl (C=O) groups excluding carboxylic acids is 1. The number of aliphatic hydroxyl groups excluding tert-OH is 1. The second kappa shape index (κ2) is 5.80. The summed E-state index contributed by atoms with van der Waals surface area (Å²) in [6.45, 7) is 5.19. The molecule has 3 rings (SSSR count). The van der Waals surface area contributed by atoms with Crippen molar-refractivity contribution in [1.29, 1.82) is 0 Å². The van der Waals surface area contributed by atoms with Gasteiger partial charge in [0.15, 0.2) is 0 Å². The van der Waals surface area contributed by atoms with Gasteiger partial charge in [0.25, 0.3) is 0 Å². The Labute approximate surface area is 131 Å². The minimum Gasteiger partial charge on any atom is -0.487 e. The molecule has 0 bridgehead atoms. The van der Waals surface area contributed by atoms with E-state index < -0.39 is 6.10 Å². The van der Waals surface area contributed by atoms with Crippen LogP contribution in [0.2, 0.25) is 0 Å². The third-order valence-electron chi connectivity index (χ3n) is 4.36. The van der Waals surface area contributed by atoms with Crippen molar-refractivity contribution >= 4 is 6.03 Å². The first kappa shape index (κ1) is 15.2. The second-order valence-electron chi connectivity index (χ2n) is 6.85. The van der Waals surface area contributed by atoms with Gasteiger partial charge in [0, 0.05) is 25.1 Å². The molecule has 2 aliphatic heterocycles. The van der Waals surface area contributed by atoms with Gasteiger partial charge in [0.05, 0.1) is 12.1 Å². The molecule has 5 heteroatoms. The molecule has 2 heterocycles. The zero-order chi connectivity index (χ0) is 15.7. The molecule has 0 spiro atoms. The molecule has 2 unspecified atom stereocenters. The molecule has 0 radical (unpaired) electrons. The average molecular weight is 304 g/mol. The predicted octanol–water partition coefficient (Wildman–Crippen LogP) is 2.46. The molecule has 1 aromatic carbocycles. The Kier molecular flexibility index (Phi) is 4.00. The van der Waals surface area contributed by atoms with E-state index in [0.717, 1.165) is 30.6 Å². The number of piperidine rings is 1. The summed E-state index contributed by atoms with van der Waals surface area (Å²) in [6.07, 6.45) is 1.95. The van der Waals surface area contributed by atoms with Crippen molar-refractivity contribution in [1.82, 2.24) is 10.2 Å². The maximum Gasteiger partial charge on any atom is 0.317 e. The number of β-amino-alcohol motifs (C(OH)–C–C–N with tert-alkyl or cyclic N) is 1. The maximum absolute atomic E-state index is 12.5. The number of hydrogen-bond acceptors (Lipinski definition) is 3. The molecule has 2 N–H and O–H groups in total. The van der Waals surface area contributed by atoms with E-state index in [2.05, 4.69) is 5.32 Å². The molecule has 2 amide bonds. The van der Waals surface area contributed by atoms with Gasteiger partial charge in [-0.15, -0.1) is 0 Å². The molecule has 2 aliphatic rings. The zero-order valence-electron chi connectivity index (χ0n) is 13.2. The van der Waals surface area contributed by atoms with E-state index in [1.807, 2.05) is 38.1 Å². The summed E-state index contributed by atoms with van der Waals surface area (Å²) in [5.41, 5.74) is 0.709. The second-order valence-corrected chi connectivity index (χ2v) is 6.85. The van der Waals surface area contributed by atoms with Gasteiger partial charge < -0.3 is 20.1 Å². The number of likely N-dealkylation sites (tertiary alicyclic amines) is 1. The number of rotatable bonds is 1. The van der Waals surface area contributed by atoms with Crippen molar-refractivity contribution in [3.63, 3.8) is 0 Å². The summed E-state index contributed by atoms with van der Waals surface area (Å²) in [6, 6.07) is 7.69. The lowest BCUT2D eigenvalue weighted by molar-refractivity contribution is 0.0610. The maximum atomic E-state index is 12.5. The van der Waals surface area contributed by atoms with Crippen molar-refractivity contribution in [2.45, 2.75) is 50.9 Å². The Hall–Kier alpha value is -1.75. The van der Waals surface area contributed by atoms with Crippen LogP contribution >= 0.6 is 0 Å². The molecule has 22 heavy (non-hydrogen) atoms. The molecule has 2 atom stereocenters. The molecular formula is C17H24N2O3. The molecule has 120 valence electrons. The van der Waals surface area contributed by atoms with Gasteiger partial charge in [-0.25, -0.2) is 4.79 Å². The average Bonchev–Trinajstić information content (AvgIpc) is 2.46. The minimum absolute atomic E-state index is 0.0634. The van der Waals surface area contributed by atoms with Gasteiger partial charge in [0.1, 0.15) is 11.4 Å². The fourth-order valence-corrected chi connectivity index (χ4v) is 3.31. The van der Waals surface area contributed by atoms with Crippen molar-refractivity contribution in [3.8, 4) is 5.75 Å². The van der Waals surface area contributed by atoms with E-state index in [0.29, 0.717) is 13.1 Å². The Bertz CT molecular complexity index is 559. The lowest BCUT2D eigenvalue weighted by Crippen LogP contribution is -2.50. The lowest BCUT2D eigenvalue weighted by atomic mass is 9.90. The van der Waals surface area contributed by atoms with Gasteiger partial charge in [-0.05, 0) is 32.8 Å². The number of nitrogens with one attached hydrogen (secondary N) is 1. The summed E-state index contributed by atoms with van der Waals surface area (Å²) in [5, 5.41) is 12.9. The number of amides is 2. The SMILES string of the molecule is CC1(C)CC(NC(=O)N2CCCC(O)C2)c2ccccc2O1. The number of ether oxygens (including phenoxy) is 1. The van der Waals surface area contributed by atoms with E-state index in [1.165, 1.54) is 0 Å². The zero-order valence-corrected chi connectivity index (χ0v) is 13.2. The van der Waals surface area contributed by atoms with Crippen molar-refractivity contribution in [3.05, 3.63) is 29.8 Å². The standard InChI is InChI=1S/C17H24N2O3/c1-17(2)10-14(13-7-3-4-8-15(13)22-17)18-16(21)19-9-5-6-12(20)11-19/h3-4,7-8,12,14,20H,5-6,9-11H2,1-2H3,(H,18,21). The van der Waals surface area contributed by atoms with Crippen LogP contribution in [-0.2, 0) is 0 Å². The smallest absolute Gasteiger partial charge is 0.317 e. The lowest BCUT2D eigenvalue weighted by Gasteiger charge is -2.39. The highest BCUT2D eigenvalue weighted by molar-refractivity contribution is 5.75. The topological polar surface area (TPSA) is 61.8 Å². The number of nitrogens with zero attached hydrogens (tertiary/aromatic N) is 1. The first-order valence-corrected chi connectivity index (χ1v) is 7.96. The van der Waals surface area contributed by atoms with Crippen LogP contribution in [0.3, 0.4) is 0 Å². The molecule has 1 saturated heterocycles. The van der Waals surface area contributed by atoms with Crippen LogP contribution in [0.15, 0.2) is 24.3 Å². The molecule has 0 saturated carbocycles. The summed E-state index contributed by atoms with van der Waals surface area (Å²) >= 11 is 0. The highest BCUT2D eigenvalue weighted by Crippen LogP contribution is 2.39. The van der Waals surface area contributed by atoms with Gasteiger partial charge in [-0.2, -0.15) is 0 Å². The number of para-hydroxylation sites is 1. The monoisotopic (exact) mass is 304 g/mol. The molecular weight excluding hydrogens is 280 g/mol. The molecule has 0 aromatic heterocycles. The van der Waals surface area contributed by atoms with Gasteiger partial charge >= 0.3 is 6.03 Å². The summed E-state index contributed by atoms with van der Waals surface area (Å²) in [4.78, 5) is 14.2. The van der Waals surface area contributed by atoms with Crippen LogP contribution in [0.4, 0.5) is 4.79 Å². The summed E-state index contributed by atoms with van der Waals surface area (Å²) in [7, 11) is 0. The normalized spacial score (nSPS) is 26.8. The van der Waals surface area contributed by atoms with Crippen LogP contribution in [0, 0.1) is 0 Å². The summed E-state index contributed by atoms with van der Waals surface area (Å²) < 4.78 is 5.99. The van der Waals surface area contributed by atoms with Crippen LogP contribution in [-0.4, -0.2) is 40.8 Å². The van der Waals surface area contributed by atoms with Crippen molar-refractivity contribution < 1.29 is 14.6 Å². The summed E-state index contributed by atoms with van der Waals surface area (Å²) in [5.74, 6) is 0.836. The van der Waals surface area contributed by atoms with Gasteiger partial charge in [-0.1, -0.05) is 18.2 Å². The number of fused-ring (bicyclic) bond motifs is 1. The Morgan fingerprint density at radius 2 is 2.18 bits per heavy atom. The number of urea groups is 1. The number of hydrogen-bond donors (Lipinski definition) is 2. The number of carbonyl (C=O) groups is 1. The largest absolute Gasteiger partial charge is 0.487 e. The van der Waals surface area contributed by atoms with Crippen LogP contribution < -0.4 is 10.1 Å². The minimum atomic E-state index is -0.405. The van der Waals surface area contributed by atoms with Gasteiger partial charge in [0.2, 0.25) is 0 Å². The molecule has 5 nitrogen and oxygen atoms in total. The number of benzene rings is 1. The van der Waals surface area contributed by atoms with E-state index in [9.17, 15) is 9.90 Å². The van der Waals surface area contributed by atoms with Gasteiger partial charge in [-0.3, -0.25) is 0 Å². The first-order chi connectivity index (χ1) is 10.4. The molecule has 1 fully saturated rings.